The summed E-state index contributed by atoms with van der Waals surface area (Å²) in [6.45, 7) is 2.13. The van der Waals surface area contributed by atoms with E-state index in [1.807, 2.05) is 0 Å². The molecule has 0 N–H and O–H groups in total. The summed E-state index contributed by atoms with van der Waals surface area (Å²) in [5.41, 5.74) is 0. The Balaban J connectivity index is 2.54. The van der Waals surface area contributed by atoms with Crippen molar-refractivity contribution in [3.8, 4) is 0 Å². The van der Waals surface area contributed by atoms with Crippen LogP contribution in [0.4, 0.5) is 0 Å². The first kappa shape index (κ1) is 7.29. The minimum atomic E-state index is 1.12. The van der Waals surface area contributed by atoms with E-state index in [4.69, 9.17) is 12.2 Å². The van der Waals surface area contributed by atoms with Crippen molar-refractivity contribution in [1.29, 1.82) is 0 Å². The second-order valence-electron chi connectivity index (χ2n) is 2.18. The summed E-state index contributed by atoms with van der Waals surface area (Å²) in [6.07, 6.45) is 5.83. The topological polar surface area (TPSA) is 0 Å². The smallest absolute Gasteiger partial charge is 0.0523 e. The predicted octanol–water partition coefficient (Wildman–Crippen LogP) is 3.13. The molecule has 1 heterocycles. The lowest BCUT2D eigenvalue weighted by molar-refractivity contribution is 0.908. The molecule has 0 bridgehead atoms. The van der Waals surface area contributed by atoms with Crippen molar-refractivity contribution < 1.29 is 0 Å². The minimum absolute atomic E-state index is 1.12. The number of allylic oxidation sites excluding steroid dienone is 2. The molecule has 1 aliphatic rings. The molecule has 0 saturated heterocycles. The van der Waals surface area contributed by atoms with E-state index >= 15 is 0 Å². The fourth-order valence-corrected chi connectivity index (χ4v) is 2.17. The first-order valence-corrected chi connectivity index (χ1v) is 4.39. The Labute approximate surface area is 65.7 Å². The average molecular weight is 158 g/mol. The first-order chi connectivity index (χ1) is 4.29. The molecule has 0 amide bonds. The monoisotopic (exact) mass is 158 g/mol. The Morgan fingerprint density at radius 1 is 1.67 bits per heavy atom. The van der Waals surface area contributed by atoms with Crippen molar-refractivity contribution in [1.82, 2.24) is 0 Å². The summed E-state index contributed by atoms with van der Waals surface area (Å²) in [7, 11) is 0. The van der Waals surface area contributed by atoms with Crippen LogP contribution in [0.3, 0.4) is 0 Å². The fourth-order valence-electron chi connectivity index (χ4n) is 0.824. The second kappa shape index (κ2) is 3.37. The van der Waals surface area contributed by atoms with E-state index in [0.717, 1.165) is 10.6 Å². The van der Waals surface area contributed by atoms with Gasteiger partial charge in [-0.25, -0.2) is 0 Å². The lowest BCUT2D eigenvalue weighted by Gasteiger charge is -1.95. The zero-order valence-corrected chi connectivity index (χ0v) is 7.15. The van der Waals surface area contributed by atoms with E-state index in [2.05, 4.69) is 13.0 Å². The summed E-state index contributed by atoms with van der Waals surface area (Å²) >= 11 is 6.85. The molecule has 9 heavy (non-hydrogen) atoms. The molecular weight excluding hydrogens is 148 g/mol. The fraction of sp³-hybridized carbons (Fsp3) is 0.571. The maximum atomic E-state index is 5.09. The van der Waals surface area contributed by atoms with E-state index in [0.29, 0.717) is 0 Å². The summed E-state index contributed by atoms with van der Waals surface area (Å²) in [5, 5.41) is 0. The normalized spacial score (nSPS) is 21.0. The standard InChI is InChI=1S/C7H10S2/c1-6-4-2-3-5-7(8)9-6/h4H,2-3,5H2,1H3. The van der Waals surface area contributed by atoms with Crippen molar-refractivity contribution in [2.45, 2.75) is 26.2 Å². The van der Waals surface area contributed by atoms with E-state index in [9.17, 15) is 0 Å². The number of thiocarbonyl (C=S) groups is 1. The molecule has 0 unspecified atom stereocenters. The van der Waals surface area contributed by atoms with Gasteiger partial charge in [-0.2, -0.15) is 0 Å². The molecule has 0 saturated carbocycles. The van der Waals surface area contributed by atoms with Crippen LogP contribution in [-0.2, 0) is 0 Å². The maximum Gasteiger partial charge on any atom is 0.0523 e. The highest BCUT2D eigenvalue weighted by atomic mass is 32.2. The van der Waals surface area contributed by atoms with Gasteiger partial charge in [-0.05, 0) is 31.1 Å². The van der Waals surface area contributed by atoms with Crippen molar-refractivity contribution in [2.75, 3.05) is 0 Å². The van der Waals surface area contributed by atoms with E-state index in [-0.39, 0.29) is 0 Å². The molecule has 0 nitrogen and oxygen atoms in total. The molecule has 2 heteroatoms. The summed E-state index contributed by atoms with van der Waals surface area (Å²) in [5.74, 6) is 0. The van der Waals surface area contributed by atoms with Crippen LogP contribution in [0.15, 0.2) is 11.0 Å². The van der Waals surface area contributed by atoms with Crippen LogP contribution in [0, 0.1) is 0 Å². The van der Waals surface area contributed by atoms with E-state index in [1.54, 1.807) is 11.8 Å². The van der Waals surface area contributed by atoms with Gasteiger partial charge in [0.05, 0.1) is 4.20 Å². The lowest BCUT2D eigenvalue weighted by atomic mass is 10.2. The van der Waals surface area contributed by atoms with Gasteiger partial charge >= 0.3 is 0 Å². The number of thioether (sulfide) groups is 1. The number of hydrogen-bond donors (Lipinski definition) is 0. The van der Waals surface area contributed by atoms with Gasteiger partial charge in [0, 0.05) is 0 Å². The zero-order valence-electron chi connectivity index (χ0n) is 5.52. The van der Waals surface area contributed by atoms with Crippen LogP contribution >= 0.6 is 24.0 Å². The third-order valence-electron chi connectivity index (χ3n) is 1.29. The maximum absolute atomic E-state index is 5.09. The molecule has 0 aromatic carbocycles. The molecule has 50 valence electrons. The zero-order chi connectivity index (χ0) is 6.69. The Morgan fingerprint density at radius 2 is 2.44 bits per heavy atom. The van der Waals surface area contributed by atoms with Gasteiger partial charge in [-0.1, -0.05) is 30.1 Å². The van der Waals surface area contributed by atoms with Crippen LogP contribution in [0.1, 0.15) is 26.2 Å². The second-order valence-corrected chi connectivity index (χ2v) is 4.27. The Kier molecular flexibility index (Phi) is 2.73. The highest BCUT2D eigenvalue weighted by molar-refractivity contribution is 8.25. The number of hydrogen-bond acceptors (Lipinski definition) is 2. The van der Waals surface area contributed by atoms with Crippen LogP contribution in [0.25, 0.3) is 0 Å². The molecule has 1 aliphatic heterocycles. The van der Waals surface area contributed by atoms with Crippen molar-refractivity contribution in [3.63, 3.8) is 0 Å². The van der Waals surface area contributed by atoms with Gasteiger partial charge in [-0.3, -0.25) is 0 Å². The Hall–Kier alpha value is 0.180. The van der Waals surface area contributed by atoms with Gasteiger partial charge < -0.3 is 0 Å². The third-order valence-corrected chi connectivity index (χ3v) is 2.67. The van der Waals surface area contributed by atoms with E-state index < -0.39 is 0 Å². The first-order valence-electron chi connectivity index (χ1n) is 3.16. The lowest BCUT2D eigenvalue weighted by Crippen LogP contribution is -1.82. The molecule has 0 fully saturated rings. The minimum Gasteiger partial charge on any atom is -0.0879 e. The molecule has 0 radical (unpaired) electrons. The van der Waals surface area contributed by atoms with Gasteiger partial charge in [0.25, 0.3) is 0 Å². The molecule has 0 aromatic rings. The Morgan fingerprint density at radius 3 is 3.22 bits per heavy atom. The molecule has 1 rings (SSSR count). The van der Waals surface area contributed by atoms with Crippen molar-refractivity contribution in [2.24, 2.45) is 0 Å². The quantitative estimate of drug-likeness (QED) is 0.497. The Bertz CT molecular complexity index is 147. The van der Waals surface area contributed by atoms with Crippen LogP contribution in [-0.4, -0.2) is 4.20 Å². The van der Waals surface area contributed by atoms with Gasteiger partial charge in [0.1, 0.15) is 0 Å². The molecule has 0 atom stereocenters. The summed E-state index contributed by atoms with van der Waals surface area (Å²) in [6, 6.07) is 0. The highest BCUT2D eigenvalue weighted by Gasteiger charge is 2.02. The number of rotatable bonds is 0. The summed E-state index contributed by atoms with van der Waals surface area (Å²) in [4.78, 5) is 1.37. The molecular formula is C7H10S2. The predicted molar refractivity (Wildman–Crippen MR) is 47.8 cm³/mol. The van der Waals surface area contributed by atoms with Crippen LogP contribution < -0.4 is 0 Å². The van der Waals surface area contributed by atoms with Crippen molar-refractivity contribution >= 4 is 28.2 Å². The van der Waals surface area contributed by atoms with Crippen molar-refractivity contribution in [3.05, 3.63) is 11.0 Å². The van der Waals surface area contributed by atoms with Gasteiger partial charge in [0.15, 0.2) is 0 Å². The van der Waals surface area contributed by atoms with Crippen LogP contribution in [0.5, 0.6) is 0 Å². The summed E-state index contributed by atoms with van der Waals surface area (Å²) < 4.78 is 1.15. The highest BCUT2D eigenvalue weighted by Crippen LogP contribution is 2.24. The van der Waals surface area contributed by atoms with E-state index in [1.165, 1.54) is 17.7 Å². The van der Waals surface area contributed by atoms with Gasteiger partial charge in [0.2, 0.25) is 0 Å². The third kappa shape index (κ3) is 2.50. The van der Waals surface area contributed by atoms with Gasteiger partial charge in [-0.15, -0.1) is 0 Å². The van der Waals surface area contributed by atoms with Crippen LogP contribution in [0.2, 0.25) is 0 Å². The largest absolute Gasteiger partial charge is 0.0879 e. The molecule has 0 spiro atoms. The average Bonchev–Trinajstić information content (AvgIpc) is 1.93. The molecule has 0 aromatic heterocycles. The molecule has 0 aliphatic carbocycles. The SMILES string of the molecule is CC1=CCCCC(=S)S1.